The minimum Gasteiger partial charge on any atom is -0.350 e. The smallest absolute Gasteiger partial charge is 0.227 e. The van der Waals surface area contributed by atoms with Crippen LogP contribution in [0, 0.1) is 5.41 Å². The number of hydrogen-bond donors (Lipinski definition) is 2. The third-order valence-corrected chi connectivity index (χ3v) is 3.79. The molecule has 1 aliphatic rings. The monoisotopic (exact) mass is 236 g/mol. The Morgan fingerprint density at radius 3 is 2.82 bits per heavy atom. The Kier molecular flexibility index (Phi) is 3.47. The van der Waals surface area contributed by atoms with Gasteiger partial charge in [-0.3, -0.25) is 9.48 Å². The van der Waals surface area contributed by atoms with Gasteiger partial charge in [-0.05, 0) is 18.9 Å². The Morgan fingerprint density at radius 2 is 2.29 bits per heavy atom. The van der Waals surface area contributed by atoms with Crippen LogP contribution in [-0.4, -0.2) is 22.2 Å². The number of carbonyl (C=O) groups is 1. The quantitative estimate of drug-likeness (QED) is 0.802. The SMILES string of the molecule is Cn1nccc1CNC(=O)C1(CN)CCCC1. The molecule has 1 heterocycles. The van der Waals surface area contributed by atoms with Gasteiger partial charge in [-0.1, -0.05) is 12.8 Å². The van der Waals surface area contributed by atoms with Crippen LogP contribution in [0.4, 0.5) is 0 Å². The fourth-order valence-electron chi connectivity index (χ4n) is 2.51. The number of aromatic nitrogens is 2. The fraction of sp³-hybridized carbons (Fsp3) is 0.667. The summed E-state index contributed by atoms with van der Waals surface area (Å²) in [6.45, 7) is 0.974. The highest BCUT2D eigenvalue weighted by Crippen LogP contribution is 2.37. The number of rotatable bonds is 4. The van der Waals surface area contributed by atoms with E-state index in [1.54, 1.807) is 10.9 Å². The molecule has 5 heteroatoms. The molecule has 94 valence electrons. The van der Waals surface area contributed by atoms with Crippen molar-refractivity contribution in [3.05, 3.63) is 18.0 Å². The van der Waals surface area contributed by atoms with Gasteiger partial charge in [0.2, 0.25) is 5.91 Å². The van der Waals surface area contributed by atoms with Gasteiger partial charge in [0.05, 0.1) is 17.7 Å². The van der Waals surface area contributed by atoms with Crippen LogP contribution in [0.2, 0.25) is 0 Å². The second kappa shape index (κ2) is 4.87. The lowest BCUT2D eigenvalue weighted by Crippen LogP contribution is -2.44. The van der Waals surface area contributed by atoms with Crippen LogP contribution >= 0.6 is 0 Å². The molecule has 0 aliphatic heterocycles. The zero-order valence-electron chi connectivity index (χ0n) is 10.3. The topological polar surface area (TPSA) is 72.9 Å². The van der Waals surface area contributed by atoms with Gasteiger partial charge in [0.15, 0.2) is 0 Å². The summed E-state index contributed by atoms with van der Waals surface area (Å²) in [4.78, 5) is 12.2. The summed E-state index contributed by atoms with van der Waals surface area (Å²) < 4.78 is 1.77. The summed E-state index contributed by atoms with van der Waals surface area (Å²) in [6.07, 6.45) is 5.78. The maximum absolute atomic E-state index is 12.2. The molecule has 0 unspecified atom stereocenters. The maximum atomic E-state index is 12.2. The summed E-state index contributed by atoms with van der Waals surface area (Å²) in [7, 11) is 1.87. The van der Waals surface area contributed by atoms with E-state index in [4.69, 9.17) is 5.73 Å². The average molecular weight is 236 g/mol. The zero-order valence-corrected chi connectivity index (χ0v) is 10.3. The summed E-state index contributed by atoms with van der Waals surface area (Å²) in [5, 5.41) is 7.05. The second-order valence-corrected chi connectivity index (χ2v) is 4.82. The molecule has 3 N–H and O–H groups in total. The molecule has 5 nitrogen and oxygen atoms in total. The Balaban J connectivity index is 1.95. The van der Waals surface area contributed by atoms with Gasteiger partial charge < -0.3 is 11.1 Å². The molecule has 1 saturated carbocycles. The Bertz CT molecular complexity index is 393. The number of nitrogens with one attached hydrogen (secondary N) is 1. The molecule has 2 rings (SSSR count). The van der Waals surface area contributed by atoms with Crippen molar-refractivity contribution in [2.75, 3.05) is 6.54 Å². The maximum Gasteiger partial charge on any atom is 0.227 e. The molecule has 1 aliphatic carbocycles. The first kappa shape index (κ1) is 12.1. The first-order valence-corrected chi connectivity index (χ1v) is 6.13. The molecule has 1 amide bonds. The van der Waals surface area contributed by atoms with E-state index in [9.17, 15) is 4.79 Å². The van der Waals surface area contributed by atoms with E-state index in [0.29, 0.717) is 13.1 Å². The van der Waals surface area contributed by atoms with Crippen LogP contribution in [0.25, 0.3) is 0 Å². The van der Waals surface area contributed by atoms with Gasteiger partial charge in [0, 0.05) is 19.8 Å². The van der Waals surface area contributed by atoms with Gasteiger partial charge in [0.25, 0.3) is 0 Å². The Hall–Kier alpha value is -1.36. The van der Waals surface area contributed by atoms with Gasteiger partial charge in [0.1, 0.15) is 0 Å². The number of aryl methyl sites for hydroxylation is 1. The fourth-order valence-corrected chi connectivity index (χ4v) is 2.51. The minimum absolute atomic E-state index is 0.0960. The van der Waals surface area contributed by atoms with Crippen molar-refractivity contribution in [1.82, 2.24) is 15.1 Å². The van der Waals surface area contributed by atoms with Crippen molar-refractivity contribution in [2.45, 2.75) is 32.2 Å². The zero-order chi connectivity index (χ0) is 12.3. The normalized spacial score (nSPS) is 18.2. The van der Waals surface area contributed by atoms with Crippen molar-refractivity contribution in [1.29, 1.82) is 0 Å². The van der Waals surface area contributed by atoms with Gasteiger partial charge >= 0.3 is 0 Å². The molecule has 1 aromatic heterocycles. The predicted molar refractivity (Wildman–Crippen MR) is 65.0 cm³/mol. The van der Waals surface area contributed by atoms with Crippen LogP contribution in [0.15, 0.2) is 12.3 Å². The summed E-state index contributed by atoms with van der Waals surface area (Å²) in [5.41, 5.74) is 6.45. The van der Waals surface area contributed by atoms with Crippen LogP contribution < -0.4 is 11.1 Å². The van der Waals surface area contributed by atoms with Crippen molar-refractivity contribution < 1.29 is 4.79 Å². The minimum atomic E-state index is -0.321. The molecular formula is C12H20N4O. The van der Waals surface area contributed by atoms with E-state index in [2.05, 4.69) is 10.4 Å². The number of carbonyl (C=O) groups excluding carboxylic acids is 1. The summed E-state index contributed by atoms with van der Waals surface area (Å²) in [5.74, 6) is 0.0960. The van der Waals surface area contributed by atoms with Gasteiger partial charge in [-0.25, -0.2) is 0 Å². The van der Waals surface area contributed by atoms with E-state index < -0.39 is 0 Å². The lowest BCUT2D eigenvalue weighted by Gasteiger charge is -2.25. The molecule has 0 radical (unpaired) electrons. The Labute approximate surface area is 101 Å². The van der Waals surface area contributed by atoms with E-state index in [1.807, 2.05) is 13.1 Å². The summed E-state index contributed by atoms with van der Waals surface area (Å²) in [6, 6.07) is 1.91. The third-order valence-electron chi connectivity index (χ3n) is 3.79. The van der Waals surface area contributed by atoms with Crippen LogP contribution in [-0.2, 0) is 18.4 Å². The lowest BCUT2D eigenvalue weighted by molar-refractivity contribution is -0.130. The largest absolute Gasteiger partial charge is 0.350 e. The van der Waals surface area contributed by atoms with Gasteiger partial charge in [-0.2, -0.15) is 5.10 Å². The highest BCUT2D eigenvalue weighted by Gasteiger charge is 2.39. The molecular weight excluding hydrogens is 216 g/mol. The molecule has 1 fully saturated rings. The first-order chi connectivity index (χ1) is 8.18. The Morgan fingerprint density at radius 1 is 1.59 bits per heavy atom. The molecule has 0 atom stereocenters. The van der Waals surface area contributed by atoms with E-state index in [0.717, 1.165) is 31.4 Å². The van der Waals surface area contributed by atoms with Crippen molar-refractivity contribution in [3.8, 4) is 0 Å². The molecule has 17 heavy (non-hydrogen) atoms. The second-order valence-electron chi connectivity index (χ2n) is 4.82. The molecule has 1 aromatic rings. The van der Waals surface area contributed by atoms with E-state index >= 15 is 0 Å². The van der Waals surface area contributed by atoms with Crippen LogP contribution in [0.3, 0.4) is 0 Å². The lowest BCUT2D eigenvalue weighted by atomic mass is 9.85. The highest BCUT2D eigenvalue weighted by atomic mass is 16.2. The van der Waals surface area contributed by atoms with Crippen molar-refractivity contribution in [2.24, 2.45) is 18.2 Å². The molecule has 0 aromatic carbocycles. The van der Waals surface area contributed by atoms with Crippen LogP contribution in [0.5, 0.6) is 0 Å². The summed E-state index contributed by atoms with van der Waals surface area (Å²) >= 11 is 0. The number of amides is 1. The standard InChI is InChI=1S/C12H20N4O/c1-16-10(4-7-15-16)8-14-11(17)12(9-13)5-2-3-6-12/h4,7H,2-3,5-6,8-9,13H2,1H3,(H,14,17). The molecule has 0 spiro atoms. The number of nitrogens with two attached hydrogens (primary N) is 1. The average Bonchev–Trinajstić information content (AvgIpc) is 2.95. The van der Waals surface area contributed by atoms with Crippen molar-refractivity contribution >= 4 is 5.91 Å². The van der Waals surface area contributed by atoms with Gasteiger partial charge in [-0.15, -0.1) is 0 Å². The highest BCUT2D eigenvalue weighted by molar-refractivity contribution is 5.83. The number of nitrogens with zero attached hydrogens (tertiary/aromatic N) is 2. The van der Waals surface area contributed by atoms with E-state index in [1.165, 1.54) is 0 Å². The predicted octanol–water partition coefficient (Wildman–Crippen LogP) is 0.555. The first-order valence-electron chi connectivity index (χ1n) is 6.13. The number of hydrogen-bond acceptors (Lipinski definition) is 3. The van der Waals surface area contributed by atoms with Crippen molar-refractivity contribution in [3.63, 3.8) is 0 Å². The molecule has 0 saturated heterocycles. The van der Waals surface area contributed by atoms with E-state index in [-0.39, 0.29) is 11.3 Å². The molecule has 0 bridgehead atoms. The van der Waals surface area contributed by atoms with Crippen LogP contribution in [0.1, 0.15) is 31.4 Å². The third kappa shape index (κ3) is 2.34.